The second-order valence-corrected chi connectivity index (χ2v) is 5.71. The number of hydrogen-bond donors (Lipinski definition) is 1. The van der Waals surface area contributed by atoms with Gasteiger partial charge in [0.05, 0.1) is 11.0 Å². The lowest BCUT2D eigenvalue weighted by molar-refractivity contribution is 0.104. The molecule has 108 valence electrons. The summed E-state index contributed by atoms with van der Waals surface area (Å²) in [7, 11) is 0. The first-order valence-corrected chi connectivity index (χ1v) is 7.55. The fourth-order valence-corrected chi connectivity index (χ4v) is 3.35. The first-order valence-electron chi connectivity index (χ1n) is 7.55. The minimum absolute atomic E-state index is 0.0756. The summed E-state index contributed by atoms with van der Waals surface area (Å²) in [6, 6.07) is 21.6. The predicted molar refractivity (Wildman–Crippen MR) is 90.4 cm³/mol. The van der Waals surface area contributed by atoms with E-state index < -0.39 is 0 Å². The van der Waals surface area contributed by atoms with Crippen LogP contribution in [0.4, 0.5) is 0 Å². The zero-order valence-electron chi connectivity index (χ0n) is 12.2. The Bertz CT molecular complexity index is 1060. The number of carbonyl (C=O) groups excluding carboxylic acids is 1. The molecule has 0 aliphatic heterocycles. The van der Waals surface area contributed by atoms with Crippen LogP contribution in [0, 0.1) is 0 Å². The van der Waals surface area contributed by atoms with E-state index in [4.69, 9.17) is 0 Å². The van der Waals surface area contributed by atoms with E-state index in [0.717, 1.165) is 44.7 Å². The van der Waals surface area contributed by atoms with E-state index in [-0.39, 0.29) is 5.78 Å². The van der Waals surface area contributed by atoms with Crippen molar-refractivity contribution in [2.75, 3.05) is 0 Å². The molecule has 1 heterocycles. The molecule has 0 spiro atoms. The van der Waals surface area contributed by atoms with Gasteiger partial charge in [-0.25, -0.2) is 4.98 Å². The van der Waals surface area contributed by atoms with Crippen molar-refractivity contribution in [2.45, 2.75) is 0 Å². The van der Waals surface area contributed by atoms with Crippen molar-refractivity contribution < 1.29 is 4.79 Å². The molecule has 23 heavy (non-hydrogen) atoms. The third kappa shape index (κ3) is 1.64. The molecule has 0 fully saturated rings. The molecule has 5 rings (SSSR count). The van der Waals surface area contributed by atoms with Gasteiger partial charge in [-0.05, 0) is 23.3 Å². The topological polar surface area (TPSA) is 45.8 Å². The molecule has 0 amide bonds. The van der Waals surface area contributed by atoms with E-state index in [1.165, 1.54) is 0 Å². The molecule has 4 aromatic rings. The number of ketones is 1. The smallest absolute Gasteiger partial charge is 0.195 e. The molecule has 0 saturated heterocycles. The zero-order chi connectivity index (χ0) is 15.4. The van der Waals surface area contributed by atoms with E-state index in [1.54, 1.807) is 0 Å². The van der Waals surface area contributed by atoms with Crippen molar-refractivity contribution >= 4 is 16.8 Å². The number of aromatic nitrogens is 2. The molecular weight excluding hydrogens is 284 g/mol. The van der Waals surface area contributed by atoms with Crippen LogP contribution in [0.25, 0.3) is 33.5 Å². The molecule has 1 aromatic heterocycles. The number of rotatable bonds is 1. The average Bonchev–Trinajstić information content (AvgIpc) is 3.15. The van der Waals surface area contributed by atoms with E-state index in [1.807, 2.05) is 66.7 Å². The number of nitrogens with one attached hydrogen (secondary N) is 1. The molecule has 0 radical (unpaired) electrons. The lowest BCUT2D eigenvalue weighted by atomic mass is 10.0. The number of H-pyrrole nitrogens is 1. The molecule has 0 saturated carbocycles. The van der Waals surface area contributed by atoms with Gasteiger partial charge < -0.3 is 4.98 Å². The van der Waals surface area contributed by atoms with Gasteiger partial charge >= 0.3 is 0 Å². The first-order chi connectivity index (χ1) is 11.3. The molecular formula is C20H12N2O. The van der Waals surface area contributed by atoms with Crippen molar-refractivity contribution in [2.24, 2.45) is 0 Å². The van der Waals surface area contributed by atoms with Crippen LogP contribution in [0.15, 0.2) is 66.7 Å². The predicted octanol–water partition coefficient (Wildman–Crippen LogP) is 4.44. The number of hydrogen-bond acceptors (Lipinski definition) is 2. The average molecular weight is 296 g/mol. The van der Waals surface area contributed by atoms with Crippen molar-refractivity contribution in [3.63, 3.8) is 0 Å². The Hall–Kier alpha value is -3.20. The second kappa shape index (κ2) is 4.40. The number of imidazole rings is 1. The third-order valence-corrected chi connectivity index (χ3v) is 4.40. The molecule has 1 aliphatic carbocycles. The summed E-state index contributed by atoms with van der Waals surface area (Å²) in [5.74, 6) is 0.816. The maximum Gasteiger partial charge on any atom is 0.195 e. The molecule has 1 aliphatic rings. The lowest BCUT2D eigenvalue weighted by Gasteiger charge is -2.04. The Kier molecular flexibility index (Phi) is 2.36. The quantitative estimate of drug-likeness (QED) is 0.497. The van der Waals surface area contributed by atoms with E-state index in [2.05, 4.69) is 9.97 Å². The van der Waals surface area contributed by atoms with Crippen LogP contribution in [-0.4, -0.2) is 15.8 Å². The normalized spacial score (nSPS) is 12.4. The molecule has 0 atom stereocenters. The van der Waals surface area contributed by atoms with Crippen LogP contribution >= 0.6 is 0 Å². The Balaban J connectivity index is 1.80. The monoisotopic (exact) mass is 296 g/mol. The van der Waals surface area contributed by atoms with Crippen LogP contribution < -0.4 is 0 Å². The highest BCUT2D eigenvalue weighted by Gasteiger charge is 2.29. The molecule has 0 bridgehead atoms. The van der Waals surface area contributed by atoms with Gasteiger partial charge in [-0.1, -0.05) is 54.6 Å². The summed E-state index contributed by atoms with van der Waals surface area (Å²) in [6.45, 7) is 0. The fraction of sp³-hybridized carbons (Fsp3) is 0. The summed E-state index contributed by atoms with van der Waals surface area (Å²) in [5.41, 5.74) is 6.25. The van der Waals surface area contributed by atoms with Gasteiger partial charge in [-0.3, -0.25) is 4.79 Å². The van der Waals surface area contributed by atoms with Crippen LogP contribution in [0.5, 0.6) is 0 Å². The Morgan fingerprint density at radius 3 is 2.26 bits per heavy atom. The third-order valence-electron chi connectivity index (χ3n) is 4.40. The van der Waals surface area contributed by atoms with E-state index >= 15 is 0 Å². The van der Waals surface area contributed by atoms with Crippen molar-refractivity contribution in [3.8, 4) is 22.5 Å². The second-order valence-electron chi connectivity index (χ2n) is 5.71. The minimum Gasteiger partial charge on any atom is -0.338 e. The van der Waals surface area contributed by atoms with Crippen LogP contribution in [0.2, 0.25) is 0 Å². The van der Waals surface area contributed by atoms with E-state index in [0.29, 0.717) is 0 Å². The SMILES string of the molecule is O=C1c2ccccc2-c2cccc(-c3nc4ccccc4[nH]3)c21. The highest BCUT2D eigenvalue weighted by molar-refractivity contribution is 6.24. The Labute approximate surface area is 132 Å². The molecule has 3 aromatic carbocycles. The highest BCUT2D eigenvalue weighted by atomic mass is 16.1. The number of nitrogens with zero attached hydrogens (tertiary/aromatic N) is 1. The van der Waals surface area contributed by atoms with Crippen LogP contribution in [0.1, 0.15) is 15.9 Å². The van der Waals surface area contributed by atoms with Crippen molar-refractivity contribution in [3.05, 3.63) is 77.9 Å². The first kappa shape index (κ1) is 12.4. The number of carbonyl (C=O) groups is 1. The fourth-order valence-electron chi connectivity index (χ4n) is 3.35. The molecule has 0 unspecified atom stereocenters. The van der Waals surface area contributed by atoms with Gasteiger partial charge in [0, 0.05) is 16.7 Å². The van der Waals surface area contributed by atoms with E-state index in [9.17, 15) is 4.79 Å². The zero-order valence-corrected chi connectivity index (χ0v) is 12.2. The lowest BCUT2D eigenvalue weighted by Crippen LogP contribution is -1.98. The maximum atomic E-state index is 12.9. The summed E-state index contributed by atoms with van der Waals surface area (Å²) in [4.78, 5) is 20.8. The van der Waals surface area contributed by atoms with Gasteiger partial charge in [-0.2, -0.15) is 0 Å². The van der Waals surface area contributed by atoms with Gasteiger partial charge in [0.1, 0.15) is 5.82 Å². The van der Waals surface area contributed by atoms with Gasteiger partial charge in [0.25, 0.3) is 0 Å². The molecule has 1 N–H and O–H groups in total. The largest absolute Gasteiger partial charge is 0.338 e. The number of fused-ring (bicyclic) bond motifs is 4. The van der Waals surface area contributed by atoms with Crippen LogP contribution in [0.3, 0.4) is 0 Å². The number of para-hydroxylation sites is 2. The van der Waals surface area contributed by atoms with Gasteiger partial charge in [-0.15, -0.1) is 0 Å². The van der Waals surface area contributed by atoms with Crippen molar-refractivity contribution in [1.29, 1.82) is 0 Å². The number of benzene rings is 3. The van der Waals surface area contributed by atoms with Gasteiger partial charge in [0.2, 0.25) is 0 Å². The summed E-state index contributed by atoms with van der Waals surface area (Å²) >= 11 is 0. The number of aromatic amines is 1. The van der Waals surface area contributed by atoms with Gasteiger partial charge in [0.15, 0.2) is 5.78 Å². The Morgan fingerprint density at radius 1 is 0.696 bits per heavy atom. The molecule has 3 nitrogen and oxygen atoms in total. The summed E-state index contributed by atoms with van der Waals surface area (Å²) in [6.07, 6.45) is 0. The highest BCUT2D eigenvalue weighted by Crippen LogP contribution is 2.40. The summed E-state index contributed by atoms with van der Waals surface area (Å²) in [5, 5.41) is 0. The maximum absolute atomic E-state index is 12.9. The Morgan fingerprint density at radius 2 is 1.39 bits per heavy atom. The van der Waals surface area contributed by atoms with Crippen molar-refractivity contribution in [1.82, 2.24) is 9.97 Å². The molecule has 3 heteroatoms. The standard InChI is InChI=1S/C20H12N2O/c23-19-14-7-2-1-6-12(14)13-8-5-9-15(18(13)19)20-21-16-10-3-4-11-17(16)22-20/h1-11H,(H,21,22). The minimum atomic E-state index is 0.0756. The van der Waals surface area contributed by atoms with Crippen LogP contribution in [-0.2, 0) is 0 Å². The summed E-state index contributed by atoms with van der Waals surface area (Å²) < 4.78 is 0.